The number of anilines is 1. The van der Waals surface area contributed by atoms with Gasteiger partial charge in [0.25, 0.3) is 0 Å². The third-order valence-corrected chi connectivity index (χ3v) is 3.60. The number of aryl methyl sites for hydroxylation is 1. The fourth-order valence-electron chi connectivity index (χ4n) is 1.64. The minimum atomic E-state index is -3.87. The molecular weight excluding hydrogens is 305 g/mol. The van der Waals surface area contributed by atoms with Crippen LogP contribution in [-0.2, 0) is 10.7 Å². The number of carbonyl (C=O) groups is 1. The van der Waals surface area contributed by atoms with Crippen LogP contribution in [0.4, 0.5) is 18.3 Å². The lowest BCUT2D eigenvalue weighted by Gasteiger charge is -2.17. The second-order valence-electron chi connectivity index (χ2n) is 4.18. The number of carbonyl (C=O) groups excluding carboxylic acids is 1. The Balaban J connectivity index is 2.25. The van der Waals surface area contributed by atoms with E-state index in [1.54, 1.807) is 0 Å². The van der Waals surface area contributed by atoms with Crippen LogP contribution in [0.5, 0.6) is 5.06 Å². The van der Waals surface area contributed by atoms with Crippen molar-refractivity contribution in [1.29, 1.82) is 0 Å². The van der Waals surface area contributed by atoms with Gasteiger partial charge in [-0.3, -0.25) is 10.1 Å². The van der Waals surface area contributed by atoms with Crippen LogP contribution >= 0.6 is 11.3 Å². The number of nitrogens with zero attached hydrogens (tertiary/aromatic N) is 1. The van der Waals surface area contributed by atoms with E-state index in [4.69, 9.17) is 4.74 Å². The average molecular weight is 316 g/mol. The van der Waals surface area contributed by atoms with E-state index >= 15 is 0 Å². The van der Waals surface area contributed by atoms with Crippen LogP contribution in [-0.4, -0.2) is 18.0 Å². The summed E-state index contributed by atoms with van der Waals surface area (Å²) in [6.45, 7) is 1.38. The maximum Gasteiger partial charge on any atom is 0.350 e. The molecule has 1 N–H and O–H groups in total. The molecule has 0 aliphatic carbocycles. The number of benzene rings is 1. The quantitative estimate of drug-likeness (QED) is 0.941. The zero-order chi connectivity index (χ0) is 15.6. The van der Waals surface area contributed by atoms with Crippen molar-refractivity contribution in [1.82, 2.24) is 4.98 Å². The van der Waals surface area contributed by atoms with Crippen molar-refractivity contribution in [2.75, 3.05) is 12.4 Å². The third kappa shape index (κ3) is 3.15. The van der Waals surface area contributed by atoms with Gasteiger partial charge >= 0.3 is 11.8 Å². The molecule has 0 aliphatic rings. The molecule has 0 radical (unpaired) electrons. The number of thiazole rings is 1. The van der Waals surface area contributed by atoms with Crippen LogP contribution in [0.1, 0.15) is 11.1 Å². The maximum absolute atomic E-state index is 14.1. The topological polar surface area (TPSA) is 51.2 Å². The van der Waals surface area contributed by atoms with Crippen molar-refractivity contribution in [3.05, 3.63) is 41.3 Å². The summed E-state index contributed by atoms with van der Waals surface area (Å²) in [5.74, 6) is -6.28. The highest BCUT2D eigenvalue weighted by Crippen LogP contribution is 2.33. The summed E-state index contributed by atoms with van der Waals surface area (Å²) in [5, 5.41) is 2.35. The molecule has 0 spiro atoms. The first kappa shape index (κ1) is 15.3. The van der Waals surface area contributed by atoms with Gasteiger partial charge in [-0.25, -0.2) is 9.37 Å². The number of halogens is 3. The third-order valence-electron chi connectivity index (χ3n) is 2.73. The molecule has 2 aromatic rings. The average Bonchev–Trinajstić information content (AvgIpc) is 2.89. The van der Waals surface area contributed by atoms with Gasteiger partial charge in [0.1, 0.15) is 5.82 Å². The van der Waals surface area contributed by atoms with Gasteiger partial charge < -0.3 is 4.74 Å². The predicted octanol–water partition coefficient (Wildman–Crippen LogP) is 3.33. The van der Waals surface area contributed by atoms with Crippen molar-refractivity contribution in [3.63, 3.8) is 0 Å². The Morgan fingerprint density at radius 3 is 2.76 bits per heavy atom. The molecule has 1 amide bonds. The van der Waals surface area contributed by atoms with Gasteiger partial charge in [0.15, 0.2) is 10.2 Å². The highest BCUT2D eigenvalue weighted by molar-refractivity contribution is 7.17. The van der Waals surface area contributed by atoms with Crippen LogP contribution in [0.3, 0.4) is 0 Å². The molecule has 21 heavy (non-hydrogen) atoms. The Morgan fingerprint density at radius 2 is 2.14 bits per heavy atom. The van der Waals surface area contributed by atoms with E-state index in [-0.39, 0.29) is 10.7 Å². The molecular formula is C13H11F3N2O2S. The van der Waals surface area contributed by atoms with Crippen LogP contribution in [0.25, 0.3) is 0 Å². The minimum Gasteiger partial charge on any atom is -0.486 e. The second-order valence-corrected chi connectivity index (χ2v) is 5.17. The maximum atomic E-state index is 14.1. The molecule has 112 valence electrons. The van der Waals surface area contributed by atoms with Crippen LogP contribution in [0.15, 0.2) is 24.4 Å². The molecule has 1 aromatic heterocycles. The van der Waals surface area contributed by atoms with Crippen molar-refractivity contribution in [2.24, 2.45) is 0 Å². The number of alkyl halides is 2. The monoisotopic (exact) mass is 316 g/mol. The molecule has 2 rings (SSSR count). The molecule has 0 fully saturated rings. The van der Waals surface area contributed by atoms with Gasteiger partial charge in [-0.15, -0.1) is 0 Å². The molecule has 0 saturated carbocycles. The number of rotatable bonds is 4. The summed E-state index contributed by atoms with van der Waals surface area (Å²) >= 11 is 0.907. The summed E-state index contributed by atoms with van der Waals surface area (Å²) < 4.78 is 46.2. The number of aromatic nitrogens is 1. The smallest absolute Gasteiger partial charge is 0.350 e. The van der Waals surface area contributed by atoms with Crippen molar-refractivity contribution in [3.8, 4) is 5.06 Å². The molecule has 0 unspecified atom stereocenters. The van der Waals surface area contributed by atoms with Crippen molar-refractivity contribution in [2.45, 2.75) is 12.8 Å². The van der Waals surface area contributed by atoms with Gasteiger partial charge in [0.05, 0.1) is 13.3 Å². The Kier molecular flexibility index (Phi) is 4.17. The largest absolute Gasteiger partial charge is 0.486 e. The normalized spacial score (nSPS) is 11.3. The van der Waals surface area contributed by atoms with E-state index in [0.717, 1.165) is 17.4 Å². The highest BCUT2D eigenvalue weighted by Gasteiger charge is 2.42. The van der Waals surface area contributed by atoms with Crippen molar-refractivity contribution >= 4 is 22.4 Å². The molecule has 1 heterocycles. The van der Waals surface area contributed by atoms with E-state index in [1.165, 1.54) is 26.3 Å². The summed E-state index contributed by atoms with van der Waals surface area (Å²) in [7, 11) is 1.39. The fourth-order valence-corrected chi connectivity index (χ4v) is 2.27. The van der Waals surface area contributed by atoms with E-state index in [1.807, 2.05) is 5.32 Å². The number of hydrogen-bond donors (Lipinski definition) is 1. The lowest BCUT2D eigenvalue weighted by molar-refractivity contribution is -0.141. The Hall–Kier alpha value is -2.09. The molecule has 1 aromatic carbocycles. The highest BCUT2D eigenvalue weighted by atomic mass is 32.1. The molecule has 4 nitrogen and oxygen atoms in total. The Bertz CT molecular complexity index is 673. The van der Waals surface area contributed by atoms with E-state index < -0.39 is 23.2 Å². The SMILES string of the molecule is COc1cnc(NC(=O)C(F)(F)c2cc(F)ccc2C)s1. The predicted molar refractivity (Wildman–Crippen MR) is 72.3 cm³/mol. The second kappa shape index (κ2) is 5.72. The van der Waals surface area contributed by atoms with Crippen molar-refractivity contribution < 1.29 is 22.7 Å². The lowest BCUT2D eigenvalue weighted by atomic mass is 10.0. The summed E-state index contributed by atoms with van der Waals surface area (Å²) in [4.78, 5) is 15.5. The standard InChI is InChI=1S/C13H11F3N2O2S/c1-7-3-4-8(14)5-9(7)13(15,16)11(19)18-12-17-6-10(20-2)21-12/h3-6H,1-2H3,(H,17,18,19). The van der Waals surface area contributed by atoms with E-state index in [0.29, 0.717) is 11.1 Å². The van der Waals surface area contributed by atoms with Gasteiger partial charge in [-0.2, -0.15) is 8.78 Å². The number of ether oxygens (including phenoxy) is 1. The molecule has 8 heteroatoms. The van der Waals surface area contributed by atoms with Gasteiger partial charge in [0, 0.05) is 5.56 Å². The number of methoxy groups -OCH3 is 1. The molecule has 0 bridgehead atoms. The molecule has 0 atom stereocenters. The first-order chi connectivity index (χ1) is 9.84. The summed E-state index contributed by atoms with van der Waals surface area (Å²) in [6, 6.07) is 2.90. The molecule has 0 aliphatic heterocycles. The lowest BCUT2D eigenvalue weighted by Crippen LogP contribution is -2.33. The van der Waals surface area contributed by atoms with E-state index in [2.05, 4.69) is 4.98 Å². The summed E-state index contributed by atoms with van der Waals surface area (Å²) in [6.07, 6.45) is 1.30. The summed E-state index contributed by atoms with van der Waals surface area (Å²) in [5.41, 5.74) is -0.559. The number of hydrogen-bond acceptors (Lipinski definition) is 4. The Morgan fingerprint density at radius 1 is 1.43 bits per heavy atom. The van der Waals surface area contributed by atoms with Gasteiger partial charge in [-0.1, -0.05) is 17.4 Å². The zero-order valence-corrected chi connectivity index (χ0v) is 11.9. The molecule has 0 saturated heterocycles. The van der Waals surface area contributed by atoms with E-state index in [9.17, 15) is 18.0 Å². The van der Waals surface area contributed by atoms with Crippen LogP contribution in [0, 0.1) is 12.7 Å². The zero-order valence-electron chi connectivity index (χ0n) is 11.1. The first-order valence-electron chi connectivity index (χ1n) is 5.80. The number of nitrogens with one attached hydrogen (secondary N) is 1. The first-order valence-corrected chi connectivity index (χ1v) is 6.62. The van der Waals surface area contributed by atoms with Crippen LogP contribution in [0.2, 0.25) is 0 Å². The Labute approximate surface area is 122 Å². The van der Waals surface area contributed by atoms with Crippen LogP contribution < -0.4 is 10.1 Å². The van der Waals surface area contributed by atoms with Gasteiger partial charge in [0.2, 0.25) is 0 Å². The minimum absolute atomic E-state index is 0.0226. The number of amides is 1. The fraction of sp³-hybridized carbons (Fsp3) is 0.231. The van der Waals surface area contributed by atoms with Gasteiger partial charge in [-0.05, 0) is 24.6 Å².